The van der Waals surface area contributed by atoms with Gasteiger partial charge in [-0.15, -0.1) is 0 Å². The van der Waals surface area contributed by atoms with Crippen molar-refractivity contribution in [2.75, 3.05) is 0 Å². The lowest BCUT2D eigenvalue weighted by Gasteiger charge is -2.13. The number of para-hydroxylation sites is 3. The second kappa shape index (κ2) is 14.9. The first-order valence-electron chi connectivity index (χ1n) is 21.4. The third-order valence-corrected chi connectivity index (χ3v) is 12.3. The van der Waals surface area contributed by atoms with E-state index in [-0.39, 0.29) is 0 Å². The van der Waals surface area contributed by atoms with Crippen LogP contribution in [0.15, 0.2) is 218 Å². The number of hydrogen-bond donors (Lipinski definition) is 0. The third-order valence-electron chi connectivity index (χ3n) is 12.3. The summed E-state index contributed by atoms with van der Waals surface area (Å²) in [5.41, 5.74) is 15.3. The zero-order valence-electron chi connectivity index (χ0n) is 34.5. The summed E-state index contributed by atoms with van der Waals surface area (Å²) in [5, 5.41) is 4.91. The van der Waals surface area contributed by atoms with E-state index in [0.717, 1.165) is 61.4 Å². The zero-order valence-corrected chi connectivity index (χ0v) is 34.5. The van der Waals surface area contributed by atoms with Crippen molar-refractivity contribution in [1.29, 1.82) is 0 Å². The number of rotatable bonds is 7. The summed E-state index contributed by atoms with van der Waals surface area (Å²) in [5.74, 6) is 1.86. The largest absolute Gasteiger partial charge is 0.309 e. The van der Waals surface area contributed by atoms with Crippen molar-refractivity contribution in [3.8, 4) is 67.8 Å². The summed E-state index contributed by atoms with van der Waals surface area (Å²) >= 11 is 0. The van der Waals surface area contributed by atoms with Crippen molar-refractivity contribution in [2.24, 2.45) is 0 Å². The molecule has 3 heterocycles. The Hall–Kier alpha value is -8.41. The average molecular weight is 806 g/mol. The minimum atomic E-state index is 0.614. The van der Waals surface area contributed by atoms with Crippen molar-refractivity contribution in [2.45, 2.75) is 6.92 Å². The maximum absolute atomic E-state index is 5.21. The first kappa shape index (κ1) is 36.4. The molecule has 3 aromatic heterocycles. The highest BCUT2D eigenvalue weighted by Gasteiger charge is 2.19. The molecule has 12 rings (SSSR count). The molecule has 0 saturated carbocycles. The third kappa shape index (κ3) is 6.29. The van der Waals surface area contributed by atoms with E-state index in [1.54, 1.807) is 0 Å². The van der Waals surface area contributed by atoms with Gasteiger partial charge < -0.3 is 9.13 Å². The summed E-state index contributed by atoms with van der Waals surface area (Å²) in [7, 11) is 0. The smallest absolute Gasteiger partial charge is 0.164 e. The maximum atomic E-state index is 5.21. The number of aryl methyl sites for hydroxylation is 1. The SMILES string of the molecule is Cc1ccc(-c2cccc(-c3nc(-c4ccc(-n5c6ccccc6c6cc(-n7c8ccccc8c8ccccc87)ccc65)cc4)nc(-c4ccccc4-c4ccccc4)n3)c2)cc1. The van der Waals surface area contributed by atoms with Gasteiger partial charge >= 0.3 is 0 Å². The molecule has 0 unspecified atom stereocenters. The molecule has 0 atom stereocenters. The summed E-state index contributed by atoms with van der Waals surface area (Å²) in [6.07, 6.45) is 0. The number of hydrogen-bond acceptors (Lipinski definition) is 3. The lowest BCUT2D eigenvalue weighted by atomic mass is 9.99. The normalized spacial score (nSPS) is 11.6. The minimum Gasteiger partial charge on any atom is -0.309 e. The second-order valence-corrected chi connectivity index (χ2v) is 16.1. The van der Waals surface area contributed by atoms with Gasteiger partial charge in [0.1, 0.15) is 0 Å². The van der Waals surface area contributed by atoms with Crippen LogP contribution in [-0.2, 0) is 0 Å². The van der Waals surface area contributed by atoms with Crippen LogP contribution in [0.5, 0.6) is 0 Å². The zero-order chi connectivity index (χ0) is 41.9. The fourth-order valence-electron chi connectivity index (χ4n) is 9.22. The monoisotopic (exact) mass is 805 g/mol. The fraction of sp³-hybridized carbons (Fsp3) is 0.0172. The van der Waals surface area contributed by atoms with Crippen LogP contribution in [-0.4, -0.2) is 24.1 Å². The molecule has 63 heavy (non-hydrogen) atoms. The molecule has 9 aromatic carbocycles. The Labute approximate surface area is 364 Å². The standard InChI is InChI=1S/C58H39N5/c1-38-26-28-39(29-27-38)42-16-13-17-43(36-42)57-59-56(60-58(61-57)50-22-6-5-18-46(50)40-14-3-2-4-15-40)41-30-32-44(33-31-41)62-54-25-12-9-21-49(54)51-37-45(34-35-55(51)62)63-52-23-10-7-19-47(52)48-20-8-11-24-53(48)63/h2-37H,1H3. The van der Waals surface area contributed by atoms with Crippen molar-refractivity contribution in [3.63, 3.8) is 0 Å². The topological polar surface area (TPSA) is 48.5 Å². The van der Waals surface area contributed by atoms with E-state index >= 15 is 0 Å². The van der Waals surface area contributed by atoms with Gasteiger partial charge in [-0.2, -0.15) is 0 Å². The molecular formula is C58H39N5. The van der Waals surface area contributed by atoms with Gasteiger partial charge in [0.25, 0.3) is 0 Å². The van der Waals surface area contributed by atoms with Crippen molar-refractivity contribution >= 4 is 43.6 Å². The van der Waals surface area contributed by atoms with Crippen LogP contribution in [0, 0.1) is 6.92 Å². The van der Waals surface area contributed by atoms with Gasteiger partial charge in [0.2, 0.25) is 0 Å². The van der Waals surface area contributed by atoms with E-state index in [9.17, 15) is 0 Å². The highest BCUT2D eigenvalue weighted by Crippen LogP contribution is 2.38. The van der Waals surface area contributed by atoms with Gasteiger partial charge in [-0.25, -0.2) is 15.0 Å². The van der Waals surface area contributed by atoms with E-state index < -0.39 is 0 Å². The molecule has 0 spiro atoms. The maximum Gasteiger partial charge on any atom is 0.164 e. The summed E-state index contributed by atoms with van der Waals surface area (Å²) in [4.78, 5) is 15.6. The van der Waals surface area contributed by atoms with Crippen LogP contribution in [0.1, 0.15) is 5.56 Å². The lowest BCUT2D eigenvalue weighted by Crippen LogP contribution is -2.01. The number of nitrogens with zero attached hydrogens (tertiary/aromatic N) is 5. The van der Waals surface area contributed by atoms with E-state index in [4.69, 9.17) is 15.0 Å². The van der Waals surface area contributed by atoms with E-state index in [1.807, 2.05) is 6.07 Å². The highest BCUT2D eigenvalue weighted by atomic mass is 15.0. The molecular weight excluding hydrogens is 767 g/mol. The van der Waals surface area contributed by atoms with Crippen LogP contribution >= 0.6 is 0 Å². The first-order valence-corrected chi connectivity index (χ1v) is 21.4. The molecule has 0 fully saturated rings. The average Bonchev–Trinajstić information content (AvgIpc) is 3.87. The molecule has 5 heteroatoms. The van der Waals surface area contributed by atoms with Gasteiger partial charge in [-0.3, -0.25) is 0 Å². The van der Waals surface area contributed by atoms with Crippen molar-refractivity contribution < 1.29 is 0 Å². The van der Waals surface area contributed by atoms with Gasteiger partial charge in [-0.05, 0) is 95.9 Å². The van der Waals surface area contributed by atoms with Crippen LogP contribution in [0.25, 0.3) is 111 Å². The summed E-state index contributed by atoms with van der Waals surface area (Å²) in [6.45, 7) is 2.11. The fourth-order valence-corrected chi connectivity index (χ4v) is 9.22. The molecule has 5 nitrogen and oxygen atoms in total. The molecule has 0 aliphatic carbocycles. The van der Waals surface area contributed by atoms with Crippen LogP contribution < -0.4 is 0 Å². The molecule has 0 saturated heterocycles. The van der Waals surface area contributed by atoms with Crippen LogP contribution in [0.4, 0.5) is 0 Å². The van der Waals surface area contributed by atoms with Crippen LogP contribution in [0.2, 0.25) is 0 Å². The van der Waals surface area contributed by atoms with Crippen molar-refractivity contribution in [1.82, 2.24) is 24.1 Å². The van der Waals surface area contributed by atoms with Gasteiger partial charge in [0.05, 0.1) is 22.1 Å². The molecule has 0 bridgehead atoms. The van der Waals surface area contributed by atoms with Crippen molar-refractivity contribution in [3.05, 3.63) is 224 Å². The summed E-state index contributed by atoms with van der Waals surface area (Å²) in [6, 6.07) is 77.4. The highest BCUT2D eigenvalue weighted by molar-refractivity contribution is 6.12. The number of aromatic nitrogens is 5. The molecule has 0 N–H and O–H groups in total. The van der Waals surface area contributed by atoms with Gasteiger partial charge in [-0.1, -0.05) is 157 Å². The Morgan fingerprint density at radius 1 is 0.286 bits per heavy atom. The van der Waals surface area contributed by atoms with E-state index in [1.165, 1.54) is 38.1 Å². The molecule has 0 amide bonds. The first-order chi connectivity index (χ1) is 31.1. The number of fused-ring (bicyclic) bond motifs is 6. The lowest BCUT2D eigenvalue weighted by molar-refractivity contribution is 1.07. The number of benzene rings is 9. The molecule has 0 aliphatic rings. The Morgan fingerprint density at radius 3 is 1.44 bits per heavy atom. The minimum absolute atomic E-state index is 0.614. The van der Waals surface area contributed by atoms with Gasteiger partial charge in [0.15, 0.2) is 17.5 Å². The van der Waals surface area contributed by atoms with Crippen LogP contribution in [0.3, 0.4) is 0 Å². The predicted molar refractivity (Wildman–Crippen MR) is 260 cm³/mol. The van der Waals surface area contributed by atoms with Gasteiger partial charge in [0, 0.05) is 49.6 Å². The summed E-state index contributed by atoms with van der Waals surface area (Å²) < 4.78 is 4.75. The Morgan fingerprint density at radius 2 is 0.762 bits per heavy atom. The molecule has 296 valence electrons. The second-order valence-electron chi connectivity index (χ2n) is 16.1. The molecule has 0 aliphatic heterocycles. The molecule has 0 radical (unpaired) electrons. The van der Waals surface area contributed by atoms with E-state index in [0.29, 0.717) is 17.5 Å². The Kier molecular flexibility index (Phi) is 8.64. The van der Waals surface area contributed by atoms with E-state index in [2.05, 4.69) is 228 Å². The Balaban J connectivity index is 0.987. The predicted octanol–water partition coefficient (Wildman–Crippen LogP) is 14.7. The molecule has 12 aromatic rings. The Bertz CT molecular complexity index is 3620. The quantitative estimate of drug-likeness (QED) is 0.161.